The molecule has 1 aromatic heterocycles. The van der Waals surface area contributed by atoms with Crippen LogP contribution in [0.25, 0.3) is 17.1 Å². The van der Waals surface area contributed by atoms with Gasteiger partial charge in [0.1, 0.15) is 5.75 Å². The fourth-order valence-corrected chi connectivity index (χ4v) is 2.99. The molecule has 0 unspecified atom stereocenters. The third-order valence-corrected chi connectivity index (χ3v) is 4.53. The van der Waals surface area contributed by atoms with E-state index >= 15 is 0 Å². The summed E-state index contributed by atoms with van der Waals surface area (Å²) >= 11 is 0. The van der Waals surface area contributed by atoms with Crippen LogP contribution in [0.2, 0.25) is 0 Å². The number of para-hydroxylation sites is 1. The van der Waals surface area contributed by atoms with Crippen molar-refractivity contribution in [3.05, 3.63) is 96.3 Å². The zero-order valence-corrected chi connectivity index (χ0v) is 16.8. The molecule has 154 valence electrons. The summed E-state index contributed by atoms with van der Waals surface area (Å²) in [6.07, 6.45) is 0.147. The molecule has 7 heteroatoms. The predicted octanol–water partition coefficient (Wildman–Crippen LogP) is 3.87. The first-order valence-electron chi connectivity index (χ1n) is 9.60. The monoisotopic (exact) mass is 413 g/mol. The molecule has 7 nitrogen and oxygen atoms in total. The van der Waals surface area contributed by atoms with Gasteiger partial charge in [0.25, 0.3) is 5.82 Å². The summed E-state index contributed by atoms with van der Waals surface area (Å²) in [5.41, 5.74) is 2.36. The van der Waals surface area contributed by atoms with Crippen molar-refractivity contribution in [1.29, 1.82) is 0 Å². The smallest absolute Gasteiger partial charge is 0.383 e. The number of carbonyl (C=O) groups is 2. The number of esters is 2. The van der Waals surface area contributed by atoms with Gasteiger partial charge in [-0.1, -0.05) is 60.7 Å². The van der Waals surface area contributed by atoms with Crippen molar-refractivity contribution in [1.82, 2.24) is 14.8 Å². The van der Waals surface area contributed by atoms with E-state index in [4.69, 9.17) is 4.74 Å². The molecule has 3 aromatic carbocycles. The van der Waals surface area contributed by atoms with Crippen LogP contribution >= 0.6 is 0 Å². The normalized spacial score (nSPS) is 10.5. The summed E-state index contributed by atoms with van der Waals surface area (Å²) in [7, 11) is 1.34. The Labute approximate surface area is 178 Å². The van der Waals surface area contributed by atoms with Gasteiger partial charge in [-0.25, -0.2) is 14.5 Å². The highest BCUT2D eigenvalue weighted by Crippen LogP contribution is 2.22. The Kier molecular flexibility index (Phi) is 5.84. The molecular formula is C24H19N3O4. The van der Waals surface area contributed by atoms with E-state index in [0.29, 0.717) is 11.6 Å². The van der Waals surface area contributed by atoms with Gasteiger partial charge in [-0.15, -0.1) is 5.10 Å². The quantitative estimate of drug-likeness (QED) is 0.353. The molecular weight excluding hydrogens is 394 g/mol. The average molecular weight is 413 g/mol. The van der Waals surface area contributed by atoms with E-state index in [1.807, 2.05) is 60.7 Å². The highest BCUT2D eigenvalue weighted by molar-refractivity contribution is 5.87. The molecule has 0 N–H and O–H groups in total. The lowest BCUT2D eigenvalue weighted by molar-refractivity contribution is -0.139. The Hall–Kier alpha value is -4.26. The van der Waals surface area contributed by atoms with Gasteiger partial charge < -0.3 is 9.47 Å². The number of hydrogen-bond donors (Lipinski definition) is 0. The van der Waals surface area contributed by atoms with E-state index in [2.05, 4.69) is 14.8 Å². The van der Waals surface area contributed by atoms with E-state index in [-0.39, 0.29) is 18.2 Å². The van der Waals surface area contributed by atoms with Gasteiger partial charge in [-0.05, 0) is 29.8 Å². The van der Waals surface area contributed by atoms with E-state index in [9.17, 15) is 9.59 Å². The van der Waals surface area contributed by atoms with Crippen molar-refractivity contribution in [2.75, 3.05) is 7.11 Å². The van der Waals surface area contributed by atoms with Crippen molar-refractivity contribution in [2.45, 2.75) is 6.42 Å². The van der Waals surface area contributed by atoms with Crippen molar-refractivity contribution in [3.8, 4) is 22.8 Å². The van der Waals surface area contributed by atoms with Crippen molar-refractivity contribution in [3.63, 3.8) is 0 Å². The van der Waals surface area contributed by atoms with Crippen LogP contribution in [0.3, 0.4) is 0 Å². The molecule has 0 radical (unpaired) electrons. The minimum absolute atomic E-state index is 0.0543. The molecule has 0 bridgehead atoms. The van der Waals surface area contributed by atoms with Gasteiger partial charge in [0, 0.05) is 5.56 Å². The highest BCUT2D eigenvalue weighted by atomic mass is 16.5. The van der Waals surface area contributed by atoms with Crippen LogP contribution in [0.4, 0.5) is 0 Å². The topological polar surface area (TPSA) is 83.3 Å². The molecule has 0 amide bonds. The molecule has 4 rings (SSSR count). The molecule has 0 atom stereocenters. The first-order valence-corrected chi connectivity index (χ1v) is 9.60. The number of methoxy groups -OCH3 is 1. The molecule has 4 aromatic rings. The molecule has 0 spiro atoms. The minimum atomic E-state index is -0.674. The van der Waals surface area contributed by atoms with Crippen molar-refractivity contribution in [2.24, 2.45) is 0 Å². The standard InChI is InChI=1S/C24H19N3O4/c1-30-21(28)16-17-12-14-20(15-13-17)31-24(29)22-25-23(18-8-4-2-5-9-18)27(26-22)19-10-6-3-7-11-19/h2-15H,16H2,1H3. The fraction of sp³-hybridized carbons (Fsp3) is 0.0833. The van der Waals surface area contributed by atoms with Crippen LogP contribution in [0.5, 0.6) is 5.75 Å². The largest absolute Gasteiger partial charge is 0.469 e. The van der Waals surface area contributed by atoms with Crippen molar-refractivity contribution >= 4 is 11.9 Å². The second kappa shape index (κ2) is 9.04. The Morgan fingerprint density at radius 1 is 0.871 bits per heavy atom. The number of benzene rings is 3. The zero-order valence-electron chi connectivity index (χ0n) is 16.8. The maximum Gasteiger partial charge on any atom is 0.383 e. The lowest BCUT2D eigenvalue weighted by atomic mass is 10.1. The van der Waals surface area contributed by atoms with E-state index in [1.165, 1.54) is 7.11 Å². The fourth-order valence-electron chi connectivity index (χ4n) is 2.99. The maximum atomic E-state index is 12.7. The number of aromatic nitrogens is 3. The molecule has 0 aliphatic heterocycles. The van der Waals surface area contributed by atoms with Crippen LogP contribution in [0, 0.1) is 0 Å². The number of carbonyl (C=O) groups excluding carboxylic acids is 2. The van der Waals surface area contributed by atoms with Crippen LogP contribution in [0.1, 0.15) is 16.2 Å². The number of nitrogens with zero attached hydrogens (tertiary/aromatic N) is 3. The Bertz CT molecular complexity index is 1130. The van der Waals surface area contributed by atoms with E-state index < -0.39 is 5.97 Å². The Balaban J connectivity index is 1.60. The van der Waals surface area contributed by atoms with Crippen LogP contribution in [-0.2, 0) is 16.0 Å². The summed E-state index contributed by atoms with van der Waals surface area (Å²) in [6.45, 7) is 0. The minimum Gasteiger partial charge on any atom is -0.469 e. The molecule has 0 aliphatic rings. The van der Waals surface area contributed by atoms with Crippen molar-refractivity contribution < 1.29 is 19.1 Å². The summed E-state index contributed by atoms with van der Waals surface area (Å²) in [5, 5.41) is 4.39. The summed E-state index contributed by atoms with van der Waals surface area (Å²) in [4.78, 5) is 28.5. The Morgan fingerprint density at radius 2 is 1.52 bits per heavy atom. The van der Waals surface area contributed by atoms with Gasteiger partial charge in [0.15, 0.2) is 5.82 Å². The van der Waals surface area contributed by atoms with E-state index in [0.717, 1.165) is 16.8 Å². The molecule has 0 fully saturated rings. The lowest BCUT2D eigenvalue weighted by Gasteiger charge is -2.05. The number of rotatable bonds is 6. The Morgan fingerprint density at radius 3 is 2.16 bits per heavy atom. The third kappa shape index (κ3) is 4.67. The van der Waals surface area contributed by atoms with E-state index in [1.54, 1.807) is 28.9 Å². The first-order chi connectivity index (χ1) is 15.1. The average Bonchev–Trinajstić information content (AvgIpc) is 3.27. The lowest BCUT2D eigenvalue weighted by Crippen LogP contribution is -2.11. The van der Waals surface area contributed by atoms with Gasteiger partial charge in [0.05, 0.1) is 19.2 Å². The van der Waals surface area contributed by atoms with Gasteiger partial charge in [-0.3, -0.25) is 4.79 Å². The molecule has 1 heterocycles. The highest BCUT2D eigenvalue weighted by Gasteiger charge is 2.20. The second-order valence-electron chi connectivity index (χ2n) is 6.66. The number of hydrogen-bond acceptors (Lipinski definition) is 6. The molecule has 0 saturated carbocycles. The second-order valence-corrected chi connectivity index (χ2v) is 6.66. The van der Waals surface area contributed by atoms with Crippen LogP contribution < -0.4 is 4.74 Å². The summed E-state index contributed by atoms with van der Waals surface area (Å²) in [6, 6.07) is 25.6. The SMILES string of the molecule is COC(=O)Cc1ccc(OC(=O)c2nc(-c3ccccc3)n(-c3ccccc3)n2)cc1. The van der Waals surface area contributed by atoms with Crippen LogP contribution in [-0.4, -0.2) is 33.8 Å². The third-order valence-electron chi connectivity index (χ3n) is 4.53. The van der Waals surface area contributed by atoms with Gasteiger partial charge in [-0.2, -0.15) is 0 Å². The summed E-state index contributed by atoms with van der Waals surface area (Å²) < 4.78 is 11.7. The number of ether oxygens (including phenoxy) is 2. The zero-order chi connectivity index (χ0) is 21.6. The van der Waals surface area contributed by atoms with Gasteiger partial charge >= 0.3 is 11.9 Å². The van der Waals surface area contributed by atoms with Crippen LogP contribution in [0.15, 0.2) is 84.9 Å². The molecule has 31 heavy (non-hydrogen) atoms. The summed E-state index contributed by atoms with van der Waals surface area (Å²) in [5.74, 6) is -0.203. The molecule has 0 aliphatic carbocycles. The molecule has 0 saturated heterocycles. The maximum absolute atomic E-state index is 12.7. The first kappa shape index (κ1) is 20.0. The predicted molar refractivity (Wildman–Crippen MR) is 114 cm³/mol. The van der Waals surface area contributed by atoms with Gasteiger partial charge in [0.2, 0.25) is 0 Å².